The van der Waals surface area contributed by atoms with Gasteiger partial charge in [-0.15, -0.1) is 0 Å². The zero-order chi connectivity index (χ0) is 40.5. The lowest BCUT2D eigenvalue weighted by Crippen LogP contribution is -2.25. The first-order valence-corrected chi connectivity index (χ1v) is 21.2. The number of benzene rings is 9. The second kappa shape index (κ2) is 12.5. The molecule has 4 aliphatic rings. The topological polar surface area (TPSA) is 21.7 Å². The number of nitrogens with zero attached hydrogens (tertiary/aromatic N) is 1. The molecule has 3 heteroatoms. The van der Waals surface area contributed by atoms with Crippen molar-refractivity contribution in [2.45, 2.75) is 24.7 Å². The van der Waals surface area contributed by atoms with Crippen LogP contribution in [-0.2, 0) is 10.8 Å². The summed E-state index contributed by atoms with van der Waals surface area (Å²) in [6, 6.07) is 72.4. The monoisotopic (exact) mass is 781 g/mol. The summed E-state index contributed by atoms with van der Waals surface area (Å²) in [6.45, 7) is 4.67. The van der Waals surface area contributed by atoms with Crippen LogP contribution in [0.2, 0.25) is 0 Å². The maximum Gasteiger partial charge on any atom is 0.178 e. The molecule has 9 aromatic rings. The summed E-state index contributed by atoms with van der Waals surface area (Å²) in [5.74, 6) is 2.85. The van der Waals surface area contributed by atoms with Crippen molar-refractivity contribution >= 4 is 17.1 Å². The van der Waals surface area contributed by atoms with E-state index >= 15 is 0 Å². The fourth-order valence-electron chi connectivity index (χ4n) is 11.2. The molecule has 0 N–H and O–H groups in total. The van der Waals surface area contributed by atoms with Crippen LogP contribution in [0.1, 0.15) is 47.2 Å². The van der Waals surface area contributed by atoms with E-state index in [1.165, 1.54) is 72.3 Å². The summed E-state index contributed by atoms with van der Waals surface area (Å²) in [6.07, 6.45) is 0. The predicted molar refractivity (Wildman–Crippen MR) is 247 cm³/mol. The Hall–Kier alpha value is -7.62. The van der Waals surface area contributed by atoms with E-state index in [1.54, 1.807) is 0 Å². The lowest BCUT2D eigenvalue weighted by Gasteiger charge is -2.31. The zero-order valence-corrected chi connectivity index (χ0v) is 33.8. The highest BCUT2D eigenvalue weighted by Gasteiger charge is 2.53. The molecule has 3 nitrogen and oxygen atoms in total. The largest absolute Gasteiger partial charge is 0.449 e. The average Bonchev–Trinajstić information content (AvgIpc) is 3.88. The smallest absolute Gasteiger partial charge is 0.178 e. The summed E-state index contributed by atoms with van der Waals surface area (Å²) >= 11 is 0. The highest BCUT2D eigenvalue weighted by Crippen LogP contribution is 2.66. The normalized spacial score (nSPS) is 14.6. The molecule has 0 fully saturated rings. The number of ether oxygens (including phenoxy) is 2. The van der Waals surface area contributed by atoms with Crippen molar-refractivity contribution in [1.82, 2.24) is 0 Å². The fourth-order valence-corrected chi connectivity index (χ4v) is 11.2. The van der Waals surface area contributed by atoms with Crippen LogP contribution in [0.15, 0.2) is 200 Å². The lowest BCUT2D eigenvalue weighted by atomic mass is 9.70. The molecule has 61 heavy (non-hydrogen) atoms. The van der Waals surface area contributed by atoms with E-state index in [2.05, 4.69) is 219 Å². The molecule has 9 aromatic carbocycles. The Morgan fingerprint density at radius 2 is 0.869 bits per heavy atom. The quantitative estimate of drug-likeness (QED) is 0.177. The summed E-state index contributed by atoms with van der Waals surface area (Å²) in [5.41, 5.74) is 20.4. The van der Waals surface area contributed by atoms with Crippen molar-refractivity contribution in [2.24, 2.45) is 0 Å². The summed E-state index contributed by atoms with van der Waals surface area (Å²) in [5, 5.41) is 0. The third-order valence-electron chi connectivity index (χ3n) is 13.8. The number of hydrogen-bond acceptors (Lipinski definition) is 3. The average molecular weight is 782 g/mol. The first-order valence-electron chi connectivity index (χ1n) is 21.2. The summed E-state index contributed by atoms with van der Waals surface area (Å²) in [4.78, 5) is 2.29. The molecule has 0 aromatic heterocycles. The Kier molecular flexibility index (Phi) is 6.99. The highest BCUT2D eigenvalue weighted by atomic mass is 16.6. The van der Waals surface area contributed by atoms with Crippen LogP contribution in [0.3, 0.4) is 0 Å². The minimum atomic E-state index is -0.449. The molecule has 0 unspecified atom stereocenters. The Morgan fingerprint density at radius 1 is 0.344 bits per heavy atom. The van der Waals surface area contributed by atoms with Gasteiger partial charge in [-0.05, 0) is 115 Å². The van der Waals surface area contributed by atoms with Gasteiger partial charge in [0.25, 0.3) is 0 Å². The molecule has 3 aliphatic carbocycles. The Balaban J connectivity index is 0.897. The molecule has 0 atom stereocenters. The molecule has 1 aliphatic heterocycles. The van der Waals surface area contributed by atoms with Crippen molar-refractivity contribution in [3.63, 3.8) is 0 Å². The summed E-state index contributed by atoms with van der Waals surface area (Å²) < 4.78 is 13.9. The highest BCUT2D eigenvalue weighted by molar-refractivity contribution is 5.98. The minimum Gasteiger partial charge on any atom is -0.449 e. The first-order chi connectivity index (χ1) is 30.0. The van der Waals surface area contributed by atoms with Gasteiger partial charge in [-0.1, -0.05) is 166 Å². The van der Waals surface area contributed by atoms with Gasteiger partial charge in [0.15, 0.2) is 23.0 Å². The molecule has 0 saturated carbocycles. The van der Waals surface area contributed by atoms with E-state index < -0.39 is 5.41 Å². The van der Waals surface area contributed by atoms with E-state index in [0.29, 0.717) is 17.2 Å². The van der Waals surface area contributed by atoms with Crippen LogP contribution in [0, 0.1) is 0 Å². The van der Waals surface area contributed by atoms with E-state index in [-0.39, 0.29) is 5.41 Å². The standard InChI is InChI=1S/C58H39NO2/c1-57(2)45-22-10-8-19-43(45)54-40(21-14-26-49(54)57)36-27-29-38(30-28-36)59(37-15-4-3-5-16-37)39-31-33-51-53(35-39)60-52-34-32-50-55(56(52)61-51)44-20-9-13-25-48(44)58(50)46-23-11-6-17-41(46)42-18-7-12-24-47(42)58/h3-35H,1-2H3. The van der Waals surface area contributed by atoms with Crippen LogP contribution in [-0.4, -0.2) is 0 Å². The number of anilines is 3. The fraction of sp³-hybridized carbons (Fsp3) is 0.0690. The van der Waals surface area contributed by atoms with Gasteiger partial charge in [0.05, 0.1) is 11.1 Å². The number of fused-ring (bicyclic) bond motifs is 16. The van der Waals surface area contributed by atoms with Crippen molar-refractivity contribution in [1.29, 1.82) is 0 Å². The number of rotatable bonds is 4. The summed E-state index contributed by atoms with van der Waals surface area (Å²) in [7, 11) is 0. The zero-order valence-electron chi connectivity index (χ0n) is 33.8. The molecular formula is C58H39NO2. The van der Waals surface area contributed by atoms with Crippen molar-refractivity contribution in [2.75, 3.05) is 4.90 Å². The maximum atomic E-state index is 7.00. The molecule has 0 saturated heterocycles. The SMILES string of the molecule is CC1(C)c2ccccc2-c2c(-c3ccc(N(c4ccccc4)c4ccc5c(c4)Oc4ccc6c(c4O5)-c4ccccc4C64c5ccccc5-c5ccccc54)cc3)cccc21. The van der Waals surface area contributed by atoms with Gasteiger partial charge in [0.1, 0.15) is 0 Å². The molecule has 1 heterocycles. The third kappa shape index (κ3) is 4.58. The van der Waals surface area contributed by atoms with Crippen molar-refractivity contribution < 1.29 is 9.47 Å². The van der Waals surface area contributed by atoms with Crippen molar-refractivity contribution in [3.05, 3.63) is 234 Å². The van der Waals surface area contributed by atoms with Crippen LogP contribution in [0.25, 0.3) is 44.5 Å². The number of hydrogen-bond donors (Lipinski definition) is 0. The Morgan fingerprint density at radius 3 is 1.57 bits per heavy atom. The van der Waals surface area contributed by atoms with E-state index in [1.807, 2.05) is 0 Å². The molecular weight excluding hydrogens is 743 g/mol. The van der Waals surface area contributed by atoms with Gasteiger partial charge >= 0.3 is 0 Å². The molecule has 1 spiro atoms. The van der Waals surface area contributed by atoms with Crippen LogP contribution in [0.4, 0.5) is 17.1 Å². The first kappa shape index (κ1) is 34.3. The van der Waals surface area contributed by atoms with Gasteiger partial charge < -0.3 is 14.4 Å². The van der Waals surface area contributed by atoms with Crippen LogP contribution >= 0.6 is 0 Å². The van der Waals surface area contributed by atoms with Crippen molar-refractivity contribution in [3.8, 4) is 67.5 Å². The van der Waals surface area contributed by atoms with Gasteiger partial charge in [-0.3, -0.25) is 0 Å². The minimum absolute atomic E-state index is 0.0497. The van der Waals surface area contributed by atoms with Gasteiger partial charge in [0, 0.05) is 28.4 Å². The van der Waals surface area contributed by atoms with Gasteiger partial charge in [-0.2, -0.15) is 0 Å². The molecule has 13 rings (SSSR count). The van der Waals surface area contributed by atoms with Crippen LogP contribution < -0.4 is 14.4 Å². The van der Waals surface area contributed by atoms with E-state index in [4.69, 9.17) is 9.47 Å². The molecule has 0 radical (unpaired) electrons. The second-order valence-electron chi connectivity index (χ2n) is 17.2. The molecule has 0 amide bonds. The number of para-hydroxylation sites is 1. The lowest BCUT2D eigenvalue weighted by molar-refractivity contribution is 0.360. The van der Waals surface area contributed by atoms with Gasteiger partial charge in [0.2, 0.25) is 0 Å². The van der Waals surface area contributed by atoms with Crippen LogP contribution in [0.5, 0.6) is 23.0 Å². The maximum absolute atomic E-state index is 7.00. The molecule has 288 valence electrons. The van der Waals surface area contributed by atoms with Gasteiger partial charge in [-0.25, -0.2) is 0 Å². The third-order valence-corrected chi connectivity index (χ3v) is 13.8. The van der Waals surface area contributed by atoms with E-state index in [9.17, 15) is 0 Å². The second-order valence-corrected chi connectivity index (χ2v) is 17.2. The predicted octanol–water partition coefficient (Wildman–Crippen LogP) is 15.4. The Bertz CT molecular complexity index is 3240. The molecule has 0 bridgehead atoms. The Labute approximate surface area is 355 Å². The van der Waals surface area contributed by atoms with E-state index in [0.717, 1.165) is 28.4 Å².